The molecule has 0 radical (unpaired) electrons. The SMILES string of the molecule is C=C(O)C1CSC(C[C@@H](C)C[C@H](C(=O)NC)N(C)C)=N1. The summed E-state index contributed by atoms with van der Waals surface area (Å²) in [5, 5.41) is 13.1. The van der Waals surface area contributed by atoms with Crippen LogP contribution in [0.3, 0.4) is 0 Å². The fourth-order valence-corrected chi connectivity index (χ4v) is 3.41. The van der Waals surface area contributed by atoms with Crippen LogP contribution in [0, 0.1) is 5.92 Å². The van der Waals surface area contributed by atoms with Crippen molar-refractivity contribution >= 4 is 22.7 Å². The number of aliphatic hydroxyl groups is 1. The second kappa shape index (κ2) is 7.69. The third-order valence-electron chi connectivity index (χ3n) is 3.41. The van der Waals surface area contributed by atoms with Crippen molar-refractivity contribution in [2.24, 2.45) is 10.9 Å². The molecule has 2 N–H and O–H groups in total. The van der Waals surface area contributed by atoms with Crippen molar-refractivity contribution in [3.63, 3.8) is 0 Å². The molecule has 1 unspecified atom stereocenters. The first kappa shape index (κ1) is 17.0. The molecule has 3 atom stereocenters. The molecule has 0 aromatic carbocycles. The van der Waals surface area contributed by atoms with Gasteiger partial charge in [0.25, 0.3) is 0 Å². The van der Waals surface area contributed by atoms with Gasteiger partial charge in [-0.1, -0.05) is 13.5 Å². The van der Waals surface area contributed by atoms with Gasteiger partial charge in [-0.25, -0.2) is 0 Å². The Kier molecular flexibility index (Phi) is 6.55. The lowest BCUT2D eigenvalue weighted by Gasteiger charge is -2.25. The average Bonchev–Trinajstić information content (AvgIpc) is 2.83. The molecular weight excluding hydrogens is 274 g/mol. The minimum absolute atomic E-state index is 0.0458. The van der Waals surface area contributed by atoms with Crippen LogP contribution < -0.4 is 5.32 Å². The lowest BCUT2D eigenvalue weighted by Crippen LogP contribution is -2.43. The standard InChI is InChI=1S/C14H25N3O2S/c1-9(6-12(17(4)5)14(19)15-3)7-13-16-11(8-20-13)10(2)18/h9,11-12,18H,2,6-8H2,1,3-5H3,(H,15,19)/t9-,11?,12+/m0/s1. The van der Waals surface area contributed by atoms with Crippen molar-refractivity contribution in [2.75, 3.05) is 26.9 Å². The molecule has 1 amide bonds. The van der Waals surface area contributed by atoms with Crippen molar-refractivity contribution in [3.05, 3.63) is 12.3 Å². The van der Waals surface area contributed by atoms with Crippen molar-refractivity contribution in [1.29, 1.82) is 0 Å². The van der Waals surface area contributed by atoms with E-state index in [-0.39, 0.29) is 23.8 Å². The number of amides is 1. The number of nitrogens with one attached hydrogen (secondary N) is 1. The highest BCUT2D eigenvalue weighted by molar-refractivity contribution is 8.14. The summed E-state index contributed by atoms with van der Waals surface area (Å²) in [5.74, 6) is 1.31. The number of carbonyl (C=O) groups is 1. The molecule has 1 aliphatic rings. The first-order valence-corrected chi connectivity index (χ1v) is 7.79. The zero-order valence-corrected chi connectivity index (χ0v) is 13.5. The Morgan fingerprint density at radius 3 is 2.75 bits per heavy atom. The van der Waals surface area contributed by atoms with Gasteiger partial charge >= 0.3 is 0 Å². The molecule has 0 bridgehead atoms. The average molecular weight is 299 g/mol. The predicted molar refractivity (Wildman–Crippen MR) is 85.4 cm³/mol. The van der Waals surface area contributed by atoms with Crippen LogP contribution in [-0.4, -0.2) is 59.9 Å². The van der Waals surface area contributed by atoms with E-state index in [1.807, 2.05) is 19.0 Å². The summed E-state index contributed by atoms with van der Waals surface area (Å²) >= 11 is 1.67. The number of hydrogen-bond acceptors (Lipinski definition) is 5. The number of carbonyl (C=O) groups excluding carboxylic acids is 1. The number of rotatable bonds is 7. The van der Waals surface area contributed by atoms with Gasteiger partial charge in [0.05, 0.1) is 11.1 Å². The van der Waals surface area contributed by atoms with E-state index in [4.69, 9.17) is 0 Å². The van der Waals surface area contributed by atoms with Gasteiger partial charge in [-0.05, 0) is 32.9 Å². The monoisotopic (exact) mass is 299 g/mol. The highest BCUT2D eigenvalue weighted by Gasteiger charge is 2.25. The summed E-state index contributed by atoms with van der Waals surface area (Å²) in [6.07, 6.45) is 1.63. The quantitative estimate of drug-likeness (QED) is 0.702. The van der Waals surface area contributed by atoms with E-state index in [0.29, 0.717) is 5.92 Å². The third kappa shape index (κ3) is 4.83. The lowest BCUT2D eigenvalue weighted by atomic mass is 9.97. The van der Waals surface area contributed by atoms with Crippen molar-refractivity contribution in [1.82, 2.24) is 10.2 Å². The molecule has 20 heavy (non-hydrogen) atoms. The van der Waals surface area contributed by atoms with Crippen LogP contribution in [0.4, 0.5) is 0 Å². The summed E-state index contributed by atoms with van der Waals surface area (Å²) in [6.45, 7) is 5.66. The molecule has 114 valence electrons. The molecular formula is C14H25N3O2S. The second-order valence-electron chi connectivity index (χ2n) is 5.48. The largest absolute Gasteiger partial charge is 0.511 e. The van der Waals surface area contributed by atoms with Crippen LogP contribution >= 0.6 is 11.8 Å². The molecule has 0 aromatic rings. The molecule has 0 fully saturated rings. The number of aliphatic imine (C=N–C) groups is 1. The van der Waals surface area contributed by atoms with Gasteiger partial charge in [0.15, 0.2) is 0 Å². The van der Waals surface area contributed by atoms with Crippen LogP contribution in [0.2, 0.25) is 0 Å². The zero-order chi connectivity index (χ0) is 15.3. The fraction of sp³-hybridized carbons (Fsp3) is 0.714. The molecule has 0 aliphatic carbocycles. The normalized spacial score (nSPS) is 21.4. The van der Waals surface area contributed by atoms with E-state index in [2.05, 4.69) is 23.8 Å². The minimum Gasteiger partial charge on any atom is -0.511 e. The number of hydrogen-bond donors (Lipinski definition) is 2. The van der Waals surface area contributed by atoms with Crippen LogP contribution in [0.25, 0.3) is 0 Å². The van der Waals surface area contributed by atoms with Gasteiger partial charge < -0.3 is 10.4 Å². The maximum Gasteiger partial charge on any atom is 0.237 e. The fourth-order valence-electron chi connectivity index (χ4n) is 2.19. The van der Waals surface area contributed by atoms with E-state index < -0.39 is 0 Å². The summed E-state index contributed by atoms with van der Waals surface area (Å²) < 4.78 is 0. The van der Waals surface area contributed by atoms with Crippen LogP contribution in [0.5, 0.6) is 0 Å². The maximum atomic E-state index is 11.8. The summed E-state index contributed by atoms with van der Waals surface area (Å²) in [7, 11) is 5.50. The van der Waals surface area contributed by atoms with Gasteiger partial charge in [-0.3, -0.25) is 14.7 Å². The Hall–Kier alpha value is -1.01. The van der Waals surface area contributed by atoms with E-state index in [9.17, 15) is 9.90 Å². The Labute approximate surface area is 125 Å². The van der Waals surface area contributed by atoms with E-state index in [0.717, 1.165) is 23.6 Å². The topological polar surface area (TPSA) is 64.9 Å². The first-order chi connectivity index (χ1) is 9.35. The Bertz CT molecular complexity index is 396. The van der Waals surface area contributed by atoms with Gasteiger partial charge in [0.1, 0.15) is 11.8 Å². The van der Waals surface area contributed by atoms with E-state index in [1.54, 1.807) is 18.8 Å². The lowest BCUT2D eigenvalue weighted by molar-refractivity contribution is -0.125. The summed E-state index contributed by atoms with van der Waals surface area (Å²) in [5.41, 5.74) is 0. The van der Waals surface area contributed by atoms with Gasteiger partial charge in [0.2, 0.25) is 5.91 Å². The minimum atomic E-state index is -0.161. The molecule has 0 saturated carbocycles. The number of thioether (sulfide) groups is 1. The van der Waals surface area contributed by atoms with Crippen LogP contribution in [0.1, 0.15) is 19.8 Å². The Balaban J connectivity index is 2.54. The van der Waals surface area contributed by atoms with Crippen molar-refractivity contribution in [3.8, 4) is 0 Å². The highest BCUT2D eigenvalue weighted by Crippen LogP contribution is 2.27. The smallest absolute Gasteiger partial charge is 0.237 e. The maximum absolute atomic E-state index is 11.8. The first-order valence-electron chi connectivity index (χ1n) is 6.80. The highest BCUT2D eigenvalue weighted by atomic mass is 32.2. The molecule has 6 heteroatoms. The molecule has 1 rings (SSSR count). The Morgan fingerprint density at radius 2 is 2.30 bits per heavy atom. The van der Waals surface area contributed by atoms with Gasteiger partial charge in [0, 0.05) is 12.8 Å². The molecule has 1 aliphatic heterocycles. The number of aliphatic hydroxyl groups excluding tert-OH is 1. The van der Waals surface area contributed by atoms with Crippen LogP contribution in [0.15, 0.2) is 17.3 Å². The molecule has 0 saturated heterocycles. The summed E-state index contributed by atoms with van der Waals surface area (Å²) in [4.78, 5) is 18.2. The number of likely N-dealkylation sites (N-methyl/N-ethyl adjacent to an activating group) is 2. The predicted octanol–water partition coefficient (Wildman–Crippen LogP) is 1.66. The van der Waals surface area contributed by atoms with Crippen molar-refractivity contribution in [2.45, 2.75) is 31.8 Å². The van der Waals surface area contributed by atoms with Crippen LogP contribution in [-0.2, 0) is 4.79 Å². The molecule has 0 aromatic heterocycles. The molecule has 5 nitrogen and oxygen atoms in total. The molecule has 0 spiro atoms. The zero-order valence-electron chi connectivity index (χ0n) is 12.7. The van der Waals surface area contributed by atoms with Gasteiger partial charge in [-0.2, -0.15) is 0 Å². The Morgan fingerprint density at radius 1 is 1.65 bits per heavy atom. The van der Waals surface area contributed by atoms with Gasteiger partial charge in [-0.15, -0.1) is 11.8 Å². The number of nitrogens with zero attached hydrogens (tertiary/aromatic N) is 2. The molecule has 1 heterocycles. The van der Waals surface area contributed by atoms with Crippen molar-refractivity contribution < 1.29 is 9.90 Å². The third-order valence-corrected chi connectivity index (χ3v) is 4.50. The second-order valence-corrected chi connectivity index (χ2v) is 6.57. The summed E-state index contributed by atoms with van der Waals surface area (Å²) in [6, 6.07) is -0.281. The van der Waals surface area contributed by atoms with E-state index in [1.165, 1.54) is 0 Å². The van der Waals surface area contributed by atoms with E-state index >= 15 is 0 Å².